The highest BCUT2D eigenvalue weighted by Crippen LogP contribution is 2.31. The van der Waals surface area contributed by atoms with Gasteiger partial charge in [-0.3, -0.25) is 14.7 Å². The molecule has 0 radical (unpaired) electrons. The Hall–Kier alpha value is -1.50. The summed E-state index contributed by atoms with van der Waals surface area (Å²) in [6, 6.07) is 4.75. The van der Waals surface area contributed by atoms with Crippen LogP contribution in [-0.4, -0.2) is 61.2 Å². The molecule has 3 aliphatic heterocycles. The summed E-state index contributed by atoms with van der Waals surface area (Å²) in [4.78, 5) is 19.1. The summed E-state index contributed by atoms with van der Waals surface area (Å²) in [5.74, 6) is 2.40. The van der Waals surface area contributed by atoms with E-state index in [0.29, 0.717) is 18.4 Å². The minimum absolute atomic E-state index is 0.220. The number of amides is 1. The quantitative estimate of drug-likeness (QED) is 0.650. The molecule has 3 fully saturated rings. The van der Waals surface area contributed by atoms with E-state index in [4.69, 9.17) is 4.74 Å². The van der Waals surface area contributed by atoms with E-state index in [1.54, 1.807) is 0 Å². The molecule has 2 N–H and O–H groups in total. The molecule has 30 heavy (non-hydrogen) atoms. The molecule has 4 heterocycles. The Kier molecular flexibility index (Phi) is 8.12. The molecule has 1 amide bonds. The first-order valence-electron chi connectivity index (χ1n) is 12.0. The molecule has 0 aliphatic carbocycles. The molecular formula is C24H38N4O2. The van der Waals surface area contributed by atoms with E-state index in [1.165, 1.54) is 18.5 Å². The highest BCUT2D eigenvalue weighted by Gasteiger charge is 2.36. The van der Waals surface area contributed by atoms with Gasteiger partial charge in [-0.05, 0) is 74.5 Å². The number of nitrogens with one attached hydrogen (secondary N) is 2. The van der Waals surface area contributed by atoms with Gasteiger partial charge < -0.3 is 15.4 Å². The zero-order chi connectivity index (χ0) is 20.6. The van der Waals surface area contributed by atoms with E-state index < -0.39 is 0 Å². The number of aromatic nitrogens is 1. The second kappa shape index (κ2) is 11.2. The monoisotopic (exact) mass is 414 g/mol. The molecule has 4 rings (SSSR count). The standard InChI is InChI=1S/C24H38N4O2/c29-24(26-10-6-19-7-11-30-12-8-19)5-1-4-23-22-13-21(15-27-23)17-28(18-22)16-20-3-2-9-25-14-20/h2-3,9,14,19,21-23,27H,1,4-8,10-13,15-18H2,(H,26,29)/t21-,22+,23+/m0/s1. The normalized spacial score (nSPS) is 27.7. The van der Waals surface area contributed by atoms with Crippen LogP contribution < -0.4 is 10.6 Å². The minimum Gasteiger partial charge on any atom is -0.381 e. The number of hydrogen-bond acceptors (Lipinski definition) is 5. The zero-order valence-corrected chi connectivity index (χ0v) is 18.2. The van der Waals surface area contributed by atoms with Gasteiger partial charge in [0.15, 0.2) is 0 Å². The van der Waals surface area contributed by atoms with Gasteiger partial charge >= 0.3 is 0 Å². The maximum atomic E-state index is 12.2. The van der Waals surface area contributed by atoms with Gasteiger partial charge in [0.2, 0.25) is 5.91 Å². The predicted octanol–water partition coefficient (Wildman–Crippen LogP) is 2.59. The van der Waals surface area contributed by atoms with Crippen LogP contribution in [0.1, 0.15) is 50.5 Å². The van der Waals surface area contributed by atoms with Crippen LogP contribution in [0, 0.1) is 17.8 Å². The van der Waals surface area contributed by atoms with E-state index in [2.05, 4.69) is 26.6 Å². The van der Waals surface area contributed by atoms with Crippen LogP contribution in [0.3, 0.4) is 0 Å². The highest BCUT2D eigenvalue weighted by atomic mass is 16.5. The van der Waals surface area contributed by atoms with Gasteiger partial charge in [-0.25, -0.2) is 0 Å². The lowest BCUT2D eigenvalue weighted by molar-refractivity contribution is -0.121. The van der Waals surface area contributed by atoms with E-state index in [0.717, 1.165) is 83.3 Å². The molecule has 0 saturated carbocycles. The molecule has 1 aromatic heterocycles. The molecular weight excluding hydrogens is 376 g/mol. The van der Waals surface area contributed by atoms with Gasteiger partial charge in [-0.15, -0.1) is 0 Å². The molecule has 0 unspecified atom stereocenters. The number of pyridine rings is 1. The third-order valence-electron chi connectivity index (χ3n) is 7.15. The Morgan fingerprint density at radius 1 is 1.27 bits per heavy atom. The predicted molar refractivity (Wildman–Crippen MR) is 118 cm³/mol. The number of nitrogens with zero attached hydrogens (tertiary/aromatic N) is 2. The first-order chi connectivity index (χ1) is 14.8. The van der Waals surface area contributed by atoms with Crippen molar-refractivity contribution in [3.8, 4) is 0 Å². The van der Waals surface area contributed by atoms with Gasteiger partial charge in [0.25, 0.3) is 0 Å². The zero-order valence-electron chi connectivity index (χ0n) is 18.2. The summed E-state index contributed by atoms with van der Waals surface area (Å²) < 4.78 is 5.40. The van der Waals surface area contributed by atoms with Crippen LogP contribution >= 0.6 is 0 Å². The Morgan fingerprint density at radius 2 is 2.17 bits per heavy atom. The van der Waals surface area contributed by atoms with Crippen molar-refractivity contribution in [1.29, 1.82) is 0 Å². The Balaban J connectivity index is 1.14. The molecule has 6 nitrogen and oxygen atoms in total. The van der Waals surface area contributed by atoms with Crippen LogP contribution in [0.2, 0.25) is 0 Å². The third kappa shape index (κ3) is 6.50. The van der Waals surface area contributed by atoms with Crippen molar-refractivity contribution >= 4 is 5.91 Å². The molecule has 6 heteroatoms. The lowest BCUT2D eigenvalue weighted by atomic mass is 9.79. The number of piperidine rings is 2. The summed E-state index contributed by atoms with van der Waals surface area (Å²) in [7, 11) is 0. The number of carbonyl (C=O) groups is 1. The number of rotatable bonds is 9. The lowest BCUT2D eigenvalue weighted by Gasteiger charge is -2.46. The Bertz CT molecular complexity index is 650. The molecule has 1 aromatic rings. The summed E-state index contributed by atoms with van der Waals surface area (Å²) >= 11 is 0. The van der Waals surface area contributed by atoms with Crippen molar-refractivity contribution < 1.29 is 9.53 Å². The van der Waals surface area contributed by atoms with Crippen molar-refractivity contribution in [2.75, 3.05) is 39.4 Å². The maximum absolute atomic E-state index is 12.2. The Labute approximate surface area is 181 Å². The van der Waals surface area contributed by atoms with E-state index in [9.17, 15) is 4.79 Å². The SMILES string of the molecule is O=C(CCC[C@H]1NC[C@@H]2C[C@@H]1CN(Cc1cccnc1)C2)NCCC1CCOCC1. The Morgan fingerprint density at radius 3 is 3.00 bits per heavy atom. The smallest absolute Gasteiger partial charge is 0.219 e. The van der Waals surface area contributed by atoms with Crippen molar-refractivity contribution in [2.45, 2.75) is 57.5 Å². The summed E-state index contributed by atoms with van der Waals surface area (Å²) in [6.07, 6.45) is 11.3. The fraction of sp³-hybridized carbons (Fsp3) is 0.750. The van der Waals surface area contributed by atoms with Gasteiger partial charge in [0, 0.05) is 64.2 Å². The molecule has 166 valence electrons. The number of carbonyl (C=O) groups excluding carboxylic acids is 1. The van der Waals surface area contributed by atoms with Crippen LogP contribution in [0.4, 0.5) is 0 Å². The minimum atomic E-state index is 0.220. The molecule has 3 aliphatic rings. The number of ether oxygens (including phenoxy) is 1. The van der Waals surface area contributed by atoms with Crippen molar-refractivity contribution in [3.05, 3.63) is 30.1 Å². The van der Waals surface area contributed by atoms with Crippen LogP contribution in [0.5, 0.6) is 0 Å². The number of hydrogen-bond donors (Lipinski definition) is 2. The van der Waals surface area contributed by atoms with Crippen molar-refractivity contribution in [1.82, 2.24) is 20.5 Å². The summed E-state index contributed by atoms with van der Waals surface area (Å²) in [5, 5.41) is 6.91. The number of fused-ring (bicyclic) bond motifs is 2. The summed E-state index contributed by atoms with van der Waals surface area (Å²) in [5.41, 5.74) is 1.31. The average molecular weight is 415 g/mol. The second-order valence-corrected chi connectivity index (χ2v) is 9.52. The summed E-state index contributed by atoms with van der Waals surface area (Å²) in [6.45, 7) is 7.04. The first kappa shape index (κ1) is 21.7. The fourth-order valence-corrected chi connectivity index (χ4v) is 5.51. The van der Waals surface area contributed by atoms with Gasteiger partial charge in [0.05, 0.1) is 0 Å². The third-order valence-corrected chi connectivity index (χ3v) is 7.15. The van der Waals surface area contributed by atoms with Crippen molar-refractivity contribution in [2.24, 2.45) is 17.8 Å². The van der Waals surface area contributed by atoms with Crippen LogP contribution in [0.15, 0.2) is 24.5 Å². The highest BCUT2D eigenvalue weighted by molar-refractivity contribution is 5.75. The van der Waals surface area contributed by atoms with Crippen molar-refractivity contribution in [3.63, 3.8) is 0 Å². The molecule has 3 atom stereocenters. The van der Waals surface area contributed by atoms with Crippen LogP contribution in [0.25, 0.3) is 0 Å². The second-order valence-electron chi connectivity index (χ2n) is 9.52. The molecule has 3 saturated heterocycles. The molecule has 2 bridgehead atoms. The van der Waals surface area contributed by atoms with Gasteiger partial charge in [0.1, 0.15) is 0 Å². The van der Waals surface area contributed by atoms with Gasteiger partial charge in [-0.2, -0.15) is 0 Å². The lowest BCUT2D eigenvalue weighted by Crippen LogP contribution is -2.55. The van der Waals surface area contributed by atoms with Gasteiger partial charge in [-0.1, -0.05) is 6.07 Å². The van der Waals surface area contributed by atoms with E-state index in [1.807, 2.05) is 18.5 Å². The van der Waals surface area contributed by atoms with Crippen LogP contribution in [-0.2, 0) is 16.1 Å². The fourth-order valence-electron chi connectivity index (χ4n) is 5.51. The average Bonchev–Trinajstić information content (AvgIpc) is 2.77. The molecule has 0 spiro atoms. The molecule has 0 aromatic carbocycles. The topological polar surface area (TPSA) is 66.5 Å². The number of likely N-dealkylation sites (tertiary alicyclic amines) is 1. The van der Waals surface area contributed by atoms with E-state index in [-0.39, 0.29) is 5.91 Å². The van der Waals surface area contributed by atoms with E-state index >= 15 is 0 Å². The maximum Gasteiger partial charge on any atom is 0.219 e. The largest absolute Gasteiger partial charge is 0.381 e. The first-order valence-corrected chi connectivity index (χ1v) is 12.0.